The first-order chi connectivity index (χ1) is 17.0. The Balaban J connectivity index is 1.34. The highest BCUT2D eigenvalue weighted by Gasteiger charge is 2.23. The van der Waals surface area contributed by atoms with Gasteiger partial charge in [0.25, 0.3) is 5.91 Å². The minimum Gasteiger partial charge on any atom is -0.457 e. The normalized spacial score (nSPS) is 11.5. The molecule has 1 heterocycles. The third-order valence-corrected chi connectivity index (χ3v) is 5.20. The molecule has 8 heteroatoms. The molecule has 178 valence electrons. The van der Waals surface area contributed by atoms with Crippen LogP contribution >= 0.6 is 0 Å². The third kappa shape index (κ3) is 6.48. The van der Waals surface area contributed by atoms with Crippen LogP contribution in [0.25, 0.3) is 10.9 Å². The Kier molecular flexibility index (Phi) is 7.42. The number of esters is 1. The predicted octanol–water partition coefficient (Wildman–Crippen LogP) is 4.19. The van der Waals surface area contributed by atoms with E-state index in [9.17, 15) is 14.4 Å². The molecule has 0 aliphatic heterocycles. The monoisotopic (exact) mass is 471 g/mol. The van der Waals surface area contributed by atoms with Gasteiger partial charge in [0.1, 0.15) is 17.5 Å². The number of amides is 2. The van der Waals surface area contributed by atoms with Crippen molar-refractivity contribution in [1.82, 2.24) is 10.3 Å². The fourth-order valence-corrected chi connectivity index (χ4v) is 3.66. The molecule has 4 aromatic rings. The van der Waals surface area contributed by atoms with Crippen molar-refractivity contribution >= 4 is 34.4 Å². The largest absolute Gasteiger partial charge is 0.457 e. The summed E-state index contributed by atoms with van der Waals surface area (Å²) in [6.07, 6.45) is 2.02. The molecule has 1 aromatic heterocycles. The van der Waals surface area contributed by atoms with Crippen molar-refractivity contribution in [3.05, 3.63) is 90.6 Å². The first-order valence-electron chi connectivity index (χ1n) is 11.1. The molecule has 4 rings (SSSR count). The van der Waals surface area contributed by atoms with E-state index in [0.29, 0.717) is 17.2 Å². The van der Waals surface area contributed by atoms with Gasteiger partial charge in [0, 0.05) is 42.2 Å². The Bertz CT molecular complexity index is 1330. The van der Waals surface area contributed by atoms with Crippen molar-refractivity contribution in [3.8, 4) is 11.5 Å². The summed E-state index contributed by atoms with van der Waals surface area (Å²) >= 11 is 0. The van der Waals surface area contributed by atoms with Gasteiger partial charge in [0.2, 0.25) is 5.91 Å². The molecular weight excluding hydrogens is 446 g/mol. The second-order valence-corrected chi connectivity index (χ2v) is 7.92. The third-order valence-electron chi connectivity index (χ3n) is 5.20. The van der Waals surface area contributed by atoms with E-state index in [-0.39, 0.29) is 12.3 Å². The predicted molar refractivity (Wildman–Crippen MR) is 132 cm³/mol. The number of fused-ring (bicyclic) bond motifs is 1. The average Bonchev–Trinajstić information content (AvgIpc) is 3.25. The molecule has 0 saturated heterocycles. The van der Waals surface area contributed by atoms with E-state index in [0.717, 1.165) is 16.5 Å². The van der Waals surface area contributed by atoms with E-state index < -0.39 is 24.5 Å². The second-order valence-electron chi connectivity index (χ2n) is 7.92. The van der Waals surface area contributed by atoms with Gasteiger partial charge in [0.05, 0.1) is 0 Å². The molecule has 35 heavy (non-hydrogen) atoms. The van der Waals surface area contributed by atoms with Crippen LogP contribution in [0.5, 0.6) is 11.5 Å². The molecule has 0 aliphatic carbocycles. The minimum atomic E-state index is -0.929. The van der Waals surface area contributed by atoms with Crippen LogP contribution in [-0.4, -0.2) is 35.4 Å². The van der Waals surface area contributed by atoms with E-state index >= 15 is 0 Å². The molecule has 0 aliphatic rings. The summed E-state index contributed by atoms with van der Waals surface area (Å²) in [5, 5.41) is 6.25. The number of rotatable bonds is 9. The number of hydrogen-bond donors (Lipinski definition) is 3. The van der Waals surface area contributed by atoms with Crippen LogP contribution in [-0.2, 0) is 25.5 Å². The molecule has 0 saturated carbocycles. The van der Waals surface area contributed by atoms with Gasteiger partial charge in [-0.25, -0.2) is 4.79 Å². The Morgan fingerprint density at radius 1 is 0.914 bits per heavy atom. The summed E-state index contributed by atoms with van der Waals surface area (Å²) in [4.78, 5) is 39.9. The summed E-state index contributed by atoms with van der Waals surface area (Å²) < 4.78 is 11.0. The lowest BCUT2D eigenvalue weighted by atomic mass is 10.0. The number of H-pyrrole nitrogens is 1. The van der Waals surface area contributed by atoms with E-state index in [2.05, 4.69) is 15.6 Å². The van der Waals surface area contributed by atoms with Crippen molar-refractivity contribution in [1.29, 1.82) is 0 Å². The first-order valence-corrected chi connectivity index (χ1v) is 11.1. The maximum absolute atomic E-state index is 12.7. The van der Waals surface area contributed by atoms with E-state index in [1.54, 1.807) is 30.5 Å². The maximum atomic E-state index is 12.7. The van der Waals surface area contributed by atoms with Gasteiger partial charge in [-0.05, 0) is 35.9 Å². The standard InChI is InChI=1S/C27H25N3O5/c1-18(31)29-25(14-19-16-28-24-13-6-5-12-23(19)24)27(33)34-17-26(32)30-20-8-7-11-22(15-20)35-21-9-3-2-4-10-21/h2-13,15-16,25,28H,14,17H2,1H3,(H,29,31)(H,30,32). The van der Waals surface area contributed by atoms with Crippen molar-refractivity contribution in [3.63, 3.8) is 0 Å². The van der Waals surface area contributed by atoms with Gasteiger partial charge < -0.3 is 25.1 Å². The molecule has 3 N–H and O–H groups in total. The molecule has 3 aromatic carbocycles. The highest BCUT2D eigenvalue weighted by Crippen LogP contribution is 2.24. The van der Waals surface area contributed by atoms with Crippen LogP contribution in [0.15, 0.2) is 85.1 Å². The highest BCUT2D eigenvalue weighted by molar-refractivity contribution is 5.94. The van der Waals surface area contributed by atoms with Crippen LogP contribution < -0.4 is 15.4 Å². The molecule has 1 unspecified atom stereocenters. The topological polar surface area (TPSA) is 110 Å². The smallest absolute Gasteiger partial charge is 0.329 e. The zero-order chi connectivity index (χ0) is 24.6. The van der Waals surface area contributed by atoms with Gasteiger partial charge in [-0.3, -0.25) is 9.59 Å². The van der Waals surface area contributed by atoms with Gasteiger partial charge >= 0.3 is 5.97 Å². The van der Waals surface area contributed by atoms with Gasteiger partial charge in [-0.1, -0.05) is 42.5 Å². The van der Waals surface area contributed by atoms with Crippen LogP contribution in [0.4, 0.5) is 5.69 Å². The minimum absolute atomic E-state index is 0.225. The fourth-order valence-electron chi connectivity index (χ4n) is 3.66. The quantitative estimate of drug-likeness (QED) is 0.317. The second kappa shape index (κ2) is 11.0. The highest BCUT2D eigenvalue weighted by atomic mass is 16.5. The van der Waals surface area contributed by atoms with Crippen LogP contribution in [0.2, 0.25) is 0 Å². The Morgan fingerprint density at radius 2 is 1.66 bits per heavy atom. The Morgan fingerprint density at radius 3 is 2.46 bits per heavy atom. The number of nitrogens with one attached hydrogen (secondary N) is 3. The number of hydrogen-bond acceptors (Lipinski definition) is 5. The number of para-hydroxylation sites is 2. The number of aromatic amines is 1. The molecule has 0 bridgehead atoms. The SMILES string of the molecule is CC(=O)NC(Cc1c[nH]c2ccccc12)C(=O)OCC(=O)Nc1cccc(Oc2ccccc2)c1. The maximum Gasteiger partial charge on any atom is 0.329 e. The van der Waals surface area contributed by atoms with Gasteiger partial charge in [-0.15, -0.1) is 0 Å². The number of carbonyl (C=O) groups excluding carboxylic acids is 3. The lowest BCUT2D eigenvalue weighted by Crippen LogP contribution is -2.43. The fraction of sp³-hybridized carbons (Fsp3) is 0.148. The van der Waals surface area contributed by atoms with E-state index in [4.69, 9.17) is 9.47 Å². The summed E-state index contributed by atoms with van der Waals surface area (Å²) in [6, 6.07) is 22.9. The lowest BCUT2D eigenvalue weighted by Gasteiger charge is -2.16. The molecule has 0 spiro atoms. The number of ether oxygens (including phenoxy) is 2. The number of benzene rings is 3. The van der Waals surface area contributed by atoms with Crippen LogP contribution in [0, 0.1) is 0 Å². The Labute approximate surface area is 202 Å². The summed E-state index contributed by atoms with van der Waals surface area (Å²) in [7, 11) is 0. The zero-order valence-electron chi connectivity index (χ0n) is 19.1. The molecule has 0 fully saturated rings. The van der Waals surface area contributed by atoms with Crippen molar-refractivity contribution in [2.24, 2.45) is 0 Å². The molecule has 0 radical (unpaired) electrons. The lowest BCUT2D eigenvalue weighted by molar-refractivity contribution is -0.150. The summed E-state index contributed by atoms with van der Waals surface area (Å²) in [6.45, 7) is 0.833. The van der Waals surface area contributed by atoms with Crippen molar-refractivity contribution < 1.29 is 23.9 Å². The molecular formula is C27H25N3O5. The van der Waals surface area contributed by atoms with E-state index in [1.165, 1.54) is 6.92 Å². The van der Waals surface area contributed by atoms with Crippen molar-refractivity contribution in [2.45, 2.75) is 19.4 Å². The number of aromatic nitrogens is 1. The molecule has 8 nitrogen and oxygen atoms in total. The molecule has 1 atom stereocenters. The van der Waals surface area contributed by atoms with Crippen LogP contribution in [0.3, 0.4) is 0 Å². The summed E-state index contributed by atoms with van der Waals surface area (Å²) in [5.74, 6) is -0.350. The first kappa shape index (κ1) is 23.6. The van der Waals surface area contributed by atoms with E-state index in [1.807, 2.05) is 54.6 Å². The zero-order valence-corrected chi connectivity index (χ0v) is 19.1. The number of anilines is 1. The van der Waals surface area contributed by atoms with Gasteiger partial charge in [0.15, 0.2) is 6.61 Å². The van der Waals surface area contributed by atoms with Gasteiger partial charge in [-0.2, -0.15) is 0 Å². The number of carbonyl (C=O) groups is 3. The molecule has 2 amide bonds. The van der Waals surface area contributed by atoms with Crippen LogP contribution in [0.1, 0.15) is 12.5 Å². The summed E-state index contributed by atoms with van der Waals surface area (Å²) in [5.41, 5.74) is 2.28. The van der Waals surface area contributed by atoms with Crippen molar-refractivity contribution in [2.75, 3.05) is 11.9 Å². The Hall–Kier alpha value is -4.59. The average molecular weight is 472 g/mol.